The van der Waals surface area contributed by atoms with Crippen LogP contribution in [-0.2, 0) is 24.7 Å². The van der Waals surface area contributed by atoms with Gasteiger partial charge in [-0.05, 0) is 96.5 Å². The second-order valence-corrected chi connectivity index (χ2v) is 20.2. The minimum atomic E-state index is -1.13. The van der Waals surface area contributed by atoms with Crippen LogP contribution >= 0.6 is 55.1 Å². The molecule has 0 unspecified atom stereocenters. The summed E-state index contributed by atoms with van der Waals surface area (Å²) in [5, 5.41) is 1.82. The zero-order valence-corrected chi connectivity index (χ0v) is 33.8. The average Bonchev–Trinajstić information content (AvgIpc) is 3.62. The number of nitrogens with zero attached hydrogens (tertiary/aromatic N) is 5. The normalized spacial score (nSPS) is 11.4. The number of fused-ring (bicyclic) bond motifs is 2. The van der Waals surface area contributed by atoms with Gasteiger partial charge in [0.25, 0.3) is 0 Å². The first kappa shape index (κ1) is 37.8. The van der Waals surface area contributed by atoms with Crippen LogP contribution in [0.2, 0.25) is 36.3 Å². The lowest BCUT2D eigenvalue weighted by atomic mass is 10.2. The summed E-state index contributed by atoms with van der Waals surface area (Å²) in [5.41, 5.74) is 3.31. The molecule has 0 atom stereocenters. The molecule has 0 saturated carbocycles. The Bertz CT molecular complexity index is 2040. The molecule has 4 heterocycles. The van der Waals surface area contributed by atoms with Crippen molar-refractivity contribution in [3.8, 4) is 23.3 Å². The third-order valence-electron chi connectivity index (χ3n) is 7.33. The molecule has 0 bridgehead atoms. The van der Waals surface area contributed by atoms with Gasteiger partial charge in [0.1, 0.15) is 37.1 Å². The van der Waals surface area contributed by atoms with Crippen molar-refractivity contribution in [1.29, 1.82) is 0 Å². The standard InChI is InChI=1S/C20H25BrClN3O3Si.C14H11BrClN3O2/c1-26-15-7-5-14(6-8-15)12-28-19-17-16(21)11-25(18(17)23-20(22)24-19)13-27-9-10-29(2,3)4;1-20-9-4-2-8(3-5-9)7-21-13-11-10(15)6-17-12(11)18-14(16)19-13/h5-8,11H,9-10,12-13H2,1-4H3;2-6H,7H2,1H3,(H,17,18,19). The average molecular weight is 867 g/mol. The van der Waals surface area contributed by atoms with E-state index >= 15 is 0 Å². The largest absolute Gasteiger partial charge is 0.497 e. The van der Waals surface area contributed by atoms with Crippen molar-refractivity contribution < 1.29 is 23.7 Å². The lowest BCUT2D eigenvalue weighted by Crippen LogP contribution is -2.22. The highest BCUT2D eigenvalue weighted by molar-refractivity contribution is 9.11. The third kappa shape index (κ3) is 10.1. The highest BCUT2D eigenvalue weighted by Crippen LogP contribution is 2.34. The van der Waals surface area contributed by atoms with E-state index in [0.717, 1.165) is 55.0 Å². The van der Waals surface area contributed by atoms with Gasteiger partial charge in [0, 0.05) is 31.5 Å². The van der Waals surface area contributed by atoms with Crippen molar-refractivity contribution in [1.82, 2.24) is 29.5 Å². The molecule has 4 aromatic heterocycles. The van der Waals surface area contributed by atoms with Crippen LogP contribution in [-0.4, -0.2) is 58.4 Å². The Balaban J connectivity index is 0.000000204. The molecule has 6 aromatic rings. The summed E-state index contributed by atoms with van der Waals surface area (Å²) in [4.78, 5) is 19.9. The molecule has 0 radical (unpaired) electrons. The van der Waals surface area contributed by atoms with Gasteiger partial charge in [-0.1, -0.05) is 43.9 Å². The molecule has 0 aliphatic rings. The third-order valence-corrected chi connectivity index (χ3v) is 10.6. The van der Waals surface area contributed by atoms with Crippen LogP contribution in [0.1, 0.15) is 11.1 Å². The van der Waals surface area contributed by atoms with Gasteiger partial charge in [-0.15, -0.1) is 0 Å². The van der Waals surface area contributed by atoms with Crippen LogP contribution < -0.4 is 18.9 Å². The van der Waals surface area contributed by atoms with Crippen LogP contribution in [0.4, 0.5) is 0 Å². The maximum atomic E-state index is 6.16. The Kier molecular flexibility index (Phi) is 13.0. The summed E-state index contributed by atoms with van der Waals surface area (Å²) in [6, 6.07) is 16.4. The number of hydrogen-bond donors (Lipinski definition) is 1. The smallest absolute Gasteiger partial charge is 0.228 e. The number of rotatable bonds is 13. The molecule has 50 heavy (non-hydrogen) atoms. The molecule has 6 rings (SSSR count). The summed E-state index contributed by atoms with van der Waals surface area (Å²) >= 11 is 19.1. The quantitative estimate of drug-likeness (QED) is 0.0688. The van der Waals surface area contributed by atoms with Gasteiger partial charge in [-0.2, -0.15) is 19.9 Å². The number of halogens is 4. The molecule has 0 amide bonds. The molecule has 264 valence electrons. The fraction of sp³-hybridized carbons (Fsp3) is 0.294. The SMILES string of the molecule is COc1ccc(COc2nc(Cl)nc3[nH]cc(Br)c23)cc1.COc1ccc(COc2nc(Cl)nc3c2c(Br)cn3COCC[Si](C)(C)C)cc1. The molecule has 16 heteroatoms. The van der Waals surface area contributed by atoms with Gasteiger partial charge in [0.2, 0.25) is 22.3 Å². The Labute approximate surface area is 317 Å². The maximum absolute atomic E-state index is 6.16. The maximum Gasteiger partial charge on any atom is 0.228 e. The Hall–Kier alpha value is -3.40. The van der Waals surface area contributed by atoms with Crippen molar-refractivity contribution >= 4 is 85.2 Å². The number of aromatic nitrogens is 6. The molecular weight excluding hydrogens is 831 g/mol. The molecule has 0 aliphatic heterocycles. The van der Waals surface area contributed by atoms with Crippen molar-refractivity contribution in [3.05, 3.63) is 91.6 Å². The molecular formula is C34H36Br2Cl2N6O5Si. The molecule has 0 fully saturated rings. The summed E-state index contributed by atoms with van der Waals surface area (Å²) in [5.74, 6) is 2.48. The summed E-state index contributed by atoms with van der Waals surface area (Å²) < 4.78 is 31.5. The first-order valence-corrected chi connectivity index (χ1v) is 21.5. The fourth-order valence-electron chi connectivity index (χ4n) is 4.62. The van der Waals surface area contributed by atoms with E-state index in [0.29, 0.717) is 43.0 Å². The van der Waals surface area contributed by atoms with E-state index in [4.69, 9.17) is 46.9 Å². The number of benzene rings is 2. The Morgan fingerprint density at radius 2 is 1.28 bits per heavy atom. The molecule has 0 saturated heterocycles. The molecule has 0 spiro atoms. The molecule has 11 nitrogen and oxygen atoms in total. The van der Waals surface area contributed by atoms with Gasteiger partial charge in [0.15, 0.2) is 5.65 Å². The van der Waals surface area contributed by atoms with E-state index in [1.165, 1.54) is 0 Å². The van der Waals surface area contributed by atoms with E-state index in [-0.39, 0.29) is 10.6 Å². The lowest BCUT2D eigenvalue weighted by molar-refractivity contribution is 0.0898. The van der Waals surface area contributed by atoms with E-state index in [1.54, 1.807) is 20.4 Å². The highest BCUT2D eigenvalue weighted by Gasteiger charge is 2.18. The van der Waals surface area contributed by atoms with Crippen molar-refractivity contribution in [2.24, 2.45) is 0 Å². The number of methoxy groups -OCH3 is 2. The summed E-state index contributed by atoms with van der Waals surface area (Å²) in [6.45, 7) is 8.86. The zero-order valence-electron chi connectivity index (χ0n) is 28.1. The highest BCUT2D eigenvalue weighted by atomic mass is 79.9. The Morgan fingerprint density at radius 1 is 0.740 bits per heavy atom. The second kappa shape index (κ2) is 17.2. The fourth-order valence-corrected chi connectivity index (χ4v) is 6.76. The van der Waals surface area contributed by atoms with E-state index < -0.39 is 8.07 Å². The van der Waals surface area contributed by atoms with Crippen LogP contribution in [0.15, 0.2) is 69.9 Å². The van der Waals surface area contributed by atoms with Crippen LogP contribution in [0.25, 0.3) is 22.1 Å². The second-order valence-electron chi connectivity index (χ2n) is 12.2. The van der Waals surface area contributed by atoms with E-state index in [2.05, 4.69) is 76.4 Å². The zero-order chi connectivity index (χ0) is 35.8. The number of nitrogens with one attached hydrogen (secondary N) is 1. The molecule has 0 aliphatic carbocycles. The summed E-state index contributed by atoms with van der Waals surface area (Å²) in [6.07, 6.45) is 3.69. The monoisotopic (exact) mass is 864 g/mol. The topological polar surface area (TPSA) is 118 Å². The van der Waals surface area contributed by atoms with Crippen LogP contribution in [0.3, 0.4) is 0 Å². The predicted octanol–water partition coefficient (Wildman–Crippen LogP) is 9.71. The molecule has 1 N–H and O–H groups in total. The minimum Gasteiger partial charge on any atom is -0.497 e. The molecule has 2 aromatic carbocycles. The number of aromatic amines is 1. The number of ether oxygens (including phenoxy) is 5. The van der Waals surface area contributed by atoms with E-state index in [9.17, 15) is 0 Å². The number of hydrogen-bond acceptors (Lipinski definition) is 9. The van der Waals surface area contributed by atoms with Gasteiger partial charge < -0.3 is 33.2 Å². The van der Waals surface area contributed by atoms with Crippen molar-refractivity contribution in [3.63, 3.8) is 0 Å². The Morgan fingerprint density at radius 3 is 1.82 bits per heavy atom. The van der Waals surface area contributed by atoms with Gasteiger partial charge in [-0.3, -0.25) is 0 Å². The first-order valence-electron chi connectivity index (χ1n) is 15.4. The van der Waals surface area contributed by atoms with Gasteiger partial charge >= 0.3 is 0 Å². The lowest BCUT2D eigenvalue weighted by Gasteiger charge is -2.15. The first-order chi connectivity index (χ1) is 23.9. The number of H-pyrrole nitrogens is 1. The van der Waals surface area contributed by atoms with Crippen molar-refractivity contribution in [2.75, 3.05) is 20.8 Å². The van der Waals surface area contributed by atoms with E-state index in [1.807, 2.05) is 59.3 Å². The minimum absolute atomic E-state index is 0.135. The predicted molar refractivity (Wildman–Crippen MR) is 206 cm³/mol. The van der Waals surface area contributed by atoms with Gasteiger partial charge in [0.05, 0.1) is 29.5 Å². The summed E-state index contributed by atoms with van der Waals surface area (Å²) in [7, 11) is 2.15. The van der Waals surface area contributed by atoms with Gasteiger partial charge in [-0.25, -0.2) is 0 Å². The van der Waals surface area contributed by atoms with Crippen LogP contribution in [0, 0.1) is 0 Å². The van der Waals surface area contributed by atoms with Crippen molar-refractivity contribution in [2.45, 2.75) is 45.6 Å². The van der Waals surface area contributed by atoms with Crippen LogP contribution in [0.5, 0.6) is 23.3 Å².